The van der Waals surface area contributed by atoms with E-state index in [4.69, 9.17) is 10.5 Å². The Bertz CT molecular complexity index is 132. The molecular formula is C12H27NO. The van der Waals surface area contributed by atoms with Crippen molar-refractivity contribution < 1.29 is 4.74 Å². The number of hydrogen-bond acceptors (Lipinski definition) is 2. The Hall–Kier alpha value is -0.0800. The van der Waals surface area contributed by atoms with Gasteiger partial charge in [0.05, 0.1) is 0 Å². The summed E-state index contributed by atoms with van der Waals surface area (Å²) in [6.45, 7) is 11.4. The Labute approximate surface area is 89.2 Å². The lowest BCUT2D eigenvalue weighted by atomic mass is 9.90. The molecule has 86 valence electrons. The van der Waals surface area contributed by atoms with Crippen LogP contribution in [-0.2, 0) is 4.74 Å². The molecule has 0 aliphatic carbocycles. The van der Waals surface area contributed by atoms with Crippen LogP contribution >= 0.6 is 0 Å². The Kier molecular flexibility index (Phi) is 7.20. The maximum atomic E-state index is 5.63. The van der Waals surface area contributed by atoms with E-state index in [1.54, 1.807) is 0 Å². The summed E-state index contributed by atoms with van der Waals surface area (Å²) < 4.78 is 5.57. The first kappa shape index (κ1) is 13.9. The van der Waals surface area contributed by atoms with Crippen LogP contribution in [0.25, 0.3) is 0 Å². The molecule has 0 heterocycles. The molecule has 0 aromatic heterocycles. The second-order valence-corrected chi connectivity index (χ2v) is 5.27. The zero-order valence-corrected chi connectivity index (χ0v) is 10.3. The SMILES string of the molecule is CC(C)CCCOCCC(C)(C)CN. The minimum absolute atomic E-state index is 0.234. The van der Waals surface area contributed by atoms with Gasteiger partial charge >= 0.3 is 0 Å². The van der Waals surface area contributed by atoms with Crippen LogP contribution < -0.4 is 5.73 Å². The topological polar surface area (TPSA) is 35.2 Å². The van der Waals surface area contributed by atoms with Crippen LogP contribution in [0.2, 0.25) is 0 Å². The molecule has 0 aliphatic rings. The van der Waals surface area contributed by atoms with Crippen LogP contribution in [0.4, 0.5) is 0 Å². The number of hydrogen-bond donors (Lipinski definition) is 1. The molecule has 0 radical (unpaired) electrons. The van der Waals surface area contributed by atoms with Crippen LogP contribution in [-0.4, -0.2) is 19.8 Å². The second-order valence-electron chi connectivity index (χ2n) is 5.27. The molecule has 0 unspecified atom stereocenters. The van der Waals surface area contributed by atoms with E-state index in [1.165, 1.54) is 12.8 Å². The van der Waals surface area contributed by atoms with Gasteiger partial charge in [-0.1, -0.05) is 27.7 Å². The van der Waals surface area contributed by atoms with Gasteiger partial charge in [0.25, 0.3) is 0 Å². The standard InChI is InChI=1S/C12H27NO/c1-11(2)6-5-8-14-9-7-12(3,4)10-13/h11H,5-10,13H2,1-4H3. The van der Waals surface area contributed by atoms with Gasteiger partial charge in [0.15, 0.2) is 0 Å². The fraction of sp³-hybridized carbons (Fsp3) is 1.00. The predicted octanol–water partition coefficient (Wildman–Crippen LogP) is 2.81. The molecule has 0 saturated carbocycles. The van der Waals surface area contributed by atoms with Gasteiger partial charge in [-0.2, -0.15) is 0 Å². The number of rotatable bonds is 8. The summed E-state index contributed by atoms with van der Waals surface area (Å²) >= 11 is 0. The van der Waals surface area contributed by atoms with Gasteiger partial charge in [-0.3, -0.25) is 0 Å². The lowest BCUT2D eigenvalue weighted by Gasteiger charge is -2.21. The Morgan fingerprint density at radius 1 is 1.21 bits per heavy atom. The largest absolute Gasteiger partial charge is 0.381 e. The molecule has 0 aromatic rings. The predicted molar refractivity (Wildman–Crippen MR) is 62.3 cm³/mol. The van der Waals surface area contributed by atoms with Gasteiger partial charge in [0.1, 0.15) is 0 Å². The smallest absolute Gasteiger partial charge is 0.0471 e. The highest BCUT2D eigenvalue weighted by Crippen LogP contribution is 2.17. The highest BCUT2D eigenvalue weighted by atomic mass is 16.5. The molecule has 2 nitrogen and oxygen atoms in total. The summed E-state index contributed by atoms with van der Waals surface area (Å²) in [6, 6.07) is 0. The summed E-state index contributed by atoms with van der Waals surface area (Å²) in [5.41, 5.74) is 5.87. The third kappa shape index (κ3) is 8.52. The molecule has 0 bridgehead atoms. The molecule has 0 fully saturated rings. The van der Waals surface area contributed by atoms with Gasteiger partial charge < -0.3 is 10.5 Å². The van der Waals surface area contributed by atoms with Crippen molar-refractivity contribution >= 4 is 0 Å². The first-order valence-electron chi connectivity index (χ1n) is 5.76. The number of ether oxygens (including phenoxy) is 1. The quantitative estimate of drug-likeness (QED) is 0.613. The molecule has 0 amide bonds. The molecule has 0 spiro atoms. The van der Waals surface area contributed by atoms with Crippen LogP contribution in [0.3, 0.4) is 0 Å². The van der Waals surface area contributed by atoms with Crippen molar-refractivity contribution in [3.63, 3.8) is 0 Å². The Morgan fingerprint density at radius 3 is 2.36 bits per heavy atom. The van der Waals surface area contributed by atoms with E-state index in [9.17, 15) is 0 Å². The fourth-order valence-corrected chi connectivity index (χ4v) is 1.15. The molecule has 0 saturated heterocycles. The molecule has 0 aromatic carbocycles. The summed E-state index contributed by atoms with van der Waals surface area (Å²) in [5, 5.41) is 0. The summed E-state index contributed by atoms with van der Waals surface area (Å²) in [5.74, 6) is 0.791. The van der Waals surface area contributed by atoms with Crippen molar-refractivity contribution in [3.05, 3.63) is 0 Å². The van der Waals surface area contributed by atoms with Crippen LogP contribution in [0.15, 0.2) is 0 Å². The first-order valence-corrected chi connectivity index (χ1v) is 5.76. The van der Waals surface area contributed by atoms with E-state index in [1.807, 2.05) is 0 Å². The first-order chi connectivity index (χ1) is 6.48. The van der Waals surface area contributed by atoms with Crippen molar-refractivity contribution in [2.75, 3.05) is 19.8 Å². The molecule has 2 heteroatoms. The van der Waals surface area contributed by atoms with Gasteiger partial charge in [0.2, 0.25) is 0 Å². The lowest BCUT2D eigenvalue weighted by molar-refractivity contribution is 0.101. The van der Waals surface area contributed by atoms with Gasteiger partial charge in [-0.15, -0.1) is 0 Å². The van der Waals surface area contributed by atoms with E-state index < -0.39 is 0 Å². The highest BCUT2D eigenvalue weighted by Gasteiger charge is 2.14. The molecular weight excluding hydrogens is 174 g/mol. The van der Waals surface area contributed by atoms with Crippen molar-refractivity contribution in [2.45, 2.75) is 47.0 Å². The van der Waals surface area contributed by atoms with E-state index >= 15 is 0 Å². The van der Waals surface area contributed by atoms with Crippen molar-refractivity contribution in [3.8, 4) is 0 Å². The van der Waals surface area contributed by atoms with Crippen molar-refractivity contribution in [2.24, 2.45) is 17.1 Å². The Morgan fingerprint density at radius 2 is 1.86 bits per heavy atom. The zero-order valence-electron chi connectivity index (χ0n) is 10.3. The van der Waals surface area contributed by atoms with Crippen LogP contribution in [0.1, 0.15) is 47.0 Å². The zero-order chi connectivity index (χ0) is 11.0. The maximum Gasteiger partial charge on any atom is 0.0471 e. The monoisotopic (exact) mass is 201 g/mol. The summed E-state index contributed by atoms with van der Waals surface area (Å²) in [6.07, 6.45) is 3.51. The van der Waals surface area contributed by atoms with Gasteiger partial charge in [-0.25, -0.2) is 0 Å². The molecule has 14 heavy (non-hydrogen) atoms. The van der Waals surface area contributed by atoms with E-state index in [2.05, 4.69) is 27.7 Å². The minimum Gasteiger partial charge on any atom is -0.381 e. The average Bonchev–Trinajstić information content (AvgIpc) is 2.10. The summed E-state index contributed by atoms with van der Waals surface area (Å²) in [4.78, 5) is 0. The molecule has 2 N–H and O–H groups in total. The number of nitrogens with two attached hydrogens (primary N) is 1. The Balaban J connectivity index is 3.21. The third-order valence-electron chi connectivity index (χ3n) is 2.55. The van der Waals surface area contributed by atoms with Crippen LogP contribution in [0, 0.1) is 11.3 Å². The molecule has 0 aliphatic heterocycles. The molecule has 0 atom stereocenters. The lowest BCUT2D eigenvalue weighted by Crippen LogP contribution is -2.25. The third-order valence-corrected chi connectivity index (χ3v) is 2.55. The molecule has 0 rings (SSSR count). The van der Waals surface area contributed by atoms with E-state index in [-0.39, 0.29) is 5.41 Å². The van der Waals surface area contributed by atoms with Crippen molar-refractivity contribution in [1.82, 2.24) is 0 Å². The summed E-state index contributed by atoms with van der Waals surface area (Å²) in [7, 11) is 0. The average molecular weight is 201 g/mol. The van der Waals surface area contributed by atoms with Crippen molar-refractivity contribution in [1.29, 1.82) is 0 Å². The second kappa shape index (κ2) is 7.24. The minimum atomic E-state index is 0.234. The normalized spacial score (nSPS) is 12.4. The van der Waals surface area contributed by atoms with Crippen LogP contribution in [0.5, 0.6) is 0 Å². The van der Waals surface area contributed by atoms with E-state index in [0.717, 1.165) is 32.1 Å². The highest BCUT2D eigenvalue weighted by molar-refractivity contribution is 4.68. The van der Waals surface area contributed by atoms with Gasteiger partial charge in [-0.05, 0) is 37.1 Å². The van der Waals surface area contributed by atoms with Gasteiger partial charge in [0, 0.05) is 13.2 Å². The van der Waals surface area contributed by atoms with E-state index in [0.29, 0.717) is 0 Å². The maximum absolute atomic E-state index is 5.63. The fourth-order valence-electron chi connectivity index (χ4n) is 1.15.